The van der Waals surface area contributed by atoms with Gasteiger partial charge in [0.2, 0.25) is 0 Å². The van der Waals surface area contributed by atoms with Crippen molar-refractivity contribution in [1.29, 1.82) is 0 Å². The Morgan fingerprint density at radius 1 is 1.10 bits per heavy atom. The normalized spacial score (nSPS) is 12.2. The molecule has 1 unspecified atom stereocenters. The lowest BCUT2D eigenvalue weighted by Crippen LogP contribution is -2.14. The van der Waals surface area contributed by atoms with E-state index in [1.54, 1.807) is 6.07 Å². The van der Waals surface area contributed by atoms with Crippen LogP contribution in [0.5, 0.6) is 0 Å². The van der Waals surface area contributed by atoms with Gasteiger partial charge >= 0.3 is 0 Å². The summed E-state index contributed by atoms with van der Waals surface area (Å²) in [7, 11) is 0. The fourth-order valence-corrected chi connectivity index (χ4v) is 2.54. The van der Waals surface area contributed by atoms with Gasteiger partial charge in [0, 0.05) is 17.9 Å². The second kappa shape index (κ2) is 5.97. The smallest absolute Gasteiger partial charge is 0.0963 e. The topological polar surface area (TPSA) is 58.3 Å². The largest absolute Gasteiger partial charge is 0.399 e. The van der Waals surface area contributed by atoms with Crippen molar-refractivity contribution in [2.24, 2.45) is 0 Å². The Morgan fingerprint density at radius 2 is 1.75 bits per heavy atom. The Morgan fingerprint density at radius 3 is 2.35 bits per heavy atom. The Hall–Kier alpha value is -2.00. The molecule has 4 N–H and O–H groups in total. The molecule has 3 heteroatoms. The molecule has 2 aromatic carbocycles. The maximum absolute atomic E-state index is 10.2. The molecule has 0 aliphatic carbocycles. The van der Waals surface area contributed by atoms with Gasteiger partial charge in [-0.25, -0.2) is 0 Å². The van der Waals surface area contributed by atoms with Crippen LogP contribution in [0.4, 0.5) is 11.4 Å². The van der Waals surface area contributed by atoms with E-state index in [-0.39, 0.29) is 0 Å². The molecule has 20 heavy (non-hydrogen) atoms. The van der Waals surface area contributed by atoms with Gasteiger partial charge in [-0.05, 0) is 49.6 Å². The third-order valence-electron chi connectivity index (χ3n) is 3.44. The zero-order chi connectivity index (χ0) is 14.7. The number of aryl methyl sites for hydroxylation is 3. The highest BCUT2D eigenvalue weighted by atomic mass is 16.3. The SMILES string of the molecule is Cc1cc(C)c(NCC(O)c2cccc(N)c2)c(C)c1. The van der Waals surface area contributed by atoms with E-state index in [1.807, 2.05) is 18.2 Å². The number of anilines is 2. The highest BCUT2D eigenvalue weighted by Crippen LogP contribution is 2.23. The van der Waals surface area contributed by atoms with Crippen LogP contribution in [0, 0.1) is 20.8 Å². The van der Waals surface area contributed by atoms with Gasteiger partial charge in [-0.1, -0.05) is 29.8 Å². The molecule has 0 bridgehead atoms. The van der Waals surface area contributed by atoms with E-state index >= 15 is 0 Å². The first-order chi connectivity index (χ1) is 9.47. The van der Waals surface area contributed by atoms with Crippen molar-refractivity contribution >= 4 is 11.4 Å². The van der Waals surface area contributed by atoms with Gasteiger partial charge in [-0.3, -0.25) is 0 Å². The van der Waals surface area contributed by atoms with Crippen molar-refractivity contribution in [2.75, 3.05) is 17.6 Å². The maximum atomic E-state index is 10.2. The summed E-state index contributed by atoms with van der Waals surface area (Å²) in [4.78, 5) is 0. The molecular formula is C17H22N2O. The molecule has 0 aliphatic heterocycles. The van der Waals surface area contributed by atoms with Crippen LogP contribution in [0.1, 0.15) is 28.4 Å². The van der Waals surface area contributed by atoms with Crippen molar-refractivity contribution in [3.8, 4) is 0 Å². The molecule has 0 aliphatic rings. The predicted octanol–water partition coefficient (Wildman–Crippen LogP) is 3.34. The maximum Gasteiger partial charge on any atom is 0.0963 e. The lowest BCUT2D eigenvalue weighted by atomic mass is 10.0. The molecule has 0 saturated heterocycles. The van der Waals surface area contributed by atoms with Crippen molar-refractivity contribution in [1.82, 2.24) is 0 Å². The summed E-state index contributed by atoms with van der Waals surface area (Å²) in [5.74, 6) is 0. The average molecular weight is 270 g/mol. The molecule has 2 aromatic rings. The summed E-state index contributed by atoms with van der Waals surface area (Å²) in [5, 5.41) is 13.6. The van der Waals surface area contributed by atoms with Crippen LogP contribution in [-0.2, 0) is 0 Å². The van der Waals surface area contributed by atoms with E-state index in [9.17, 15) is 5.11 Å². The summed E-state index contributed by atoms with van der Waals surface area (Å²) < 4.78 is 0. The number of aliphatic hydroxyl groups is 1. The van der Waals surface area contributed by atoms with Gasteiger partial charge in [0.15, 0.2) is 0 Å². The lowest BCUT2D eigenvalue weighted by molar-refractivity contribution is 0.191. The van der Waals surface area contributed by atoms with Crippen molar-refractivity contribution in [3.63, 3.8) is 0 Å². The number of hydrogen-bond donors (Lipinski definition) is 3. The van der Waals surface area contributed by atoms with E-state index in [2.05, 4.69) is 38.2 Å². The number of hydrogen-bond acceptors (Lipinski definition) is 3. The number of aliphatic hydroxyl groups excluding tert-OH is 1. The van der Waals surface area contributed by atoms with Crippen molar-refractivity contribution in [2.45, 2.75) is 26.9 Å². The highest BCUT2D eigenvalue weighted by molar-refractivity contribution is 5.58. The zero-order valence-electron chi connectivity index (χ0n) is 12.3. The number of nitrogens with two attached hydrogens (primary N) is 1. The van der Waals surface area contributed by atoms with Crippen LogP contribution in [0.2, 0.25) is 0 Å². The summed E-state index contributed by atoms with van der Waals surface area (Å²) in [6, 6.07) is 11.7. The molecule has 2 rings (SSSR count). The van der Waals surface area contributed by atoms with Gasteiger partial charge in [-0.2, -0.15) is 0 Å². The van der Waals surface area contributed by atoms with Crippen LogP contribution in [0.3, 0.4) is 0 Å². The van der Waals surface area contributed by atoms with E-state index in [1.165, 1.54) is 16.7 Å². The minimum Gasteiger partial charge on any atom is -0.399 e. The fourth-order valence-electron chi connectivity index (χ4n) is 2.54. The summed E-state index contributed by atoms with van der Waals surface area (Å²) in [6.45, 7) is 6.71. The molecule has 0 amide bonds. The van der Waals surface area contributed by atoms with Gasteiger partial charge < -0.3 is 16.2 Å². The zero-order valence-corrected chi connectivity index (χ0v) is 12.3. The number of nitrogens with one attached hydrogen (secondary N) is 1. The fraction of sp³-hybridized carbons (Fsp3) is 0.294. The molecule has 1 atom stereocenters. The average Bonchev–Trinajstić information content (AvgIpc) is 2.37. The third-order valence-corrected chi connectivity index (χ3v) is 3.44. The molecule has 0 radical (unpaired) electrons. The standard InChI is InChI=1S/C17H22N2O/c1-11-7-12(2)17(13(3)8-11)19-10-16(20)14-5-4-6-15(18)9-14/h4-9,16,19-20H,10,18H2,1-3H3. The first kappa shape index (κ1) is 14.4. The predicted molar refractivity (Wildman–Crippen MR) is 85.0 cm³/mol. The summed E-state index contributed by atoms with van der Waals surface area (Å²) >= 11 is 0. The van der Waals surface area contributed by atoms with Gasteiger partial charge in [0.1, 0.15) is 0 Å². The molecule has 0 fully saturated rings. The van der Waals surface area contributed by atoms with Crippen LogP contribution in [-0.4, -0.2) is 11.7 Å². The Kier molecular flexibility index (Phi) is 4.30. The van der Waals surface area contributed by atoms with E-state index in [4.69, 9.17) is 5.73 Å². The molecule has 0 heterocycles. The van der Waals surface area contributed by atoms with E-state index in [0.29, 0.717) is 12.2 Å². The van der Waals surface area contributed by atoms with Crippen LogP contribution < -0.4 is 11.1 Å². The summed E-state index contributed by atoms with van der Waals surface area (Å²) in [6.07, 6.45) is -0.571. The Bertz CT molecular complexity index is 585. The quantitative estimate of drug-likeness (QED) is 0.747. The highest BCUT2D eigenvalue weighted by Gasteiger charge is 2.09. The summed E-state index contributed by atoms with van der Waals surface area (Å²) in [5.41, 5.74) is 12.0. The monoisotopic (exact) mass is 270 g/mol. The molecule has 0 saturated carbocycles. The third kappa shape index (κ3) is 3.31. The number of rotatable bonds is 4. The van der Waals surface area contributed by atoms with Gasteiger partial charge in [-0.15, -0.1) is 0 Å². The van der Waals surface area contributed by atoms with Crippen molar-refractivity contribution < 1.29 is 5.11 Å². The Labute approximate surface area is 120 Å². The minimum absolute atomic E-state index is 0.466. The molecule has 0 spiro atoms. The lowest BCUT2D eigenvalue weighted by Gasteiger charge is -2.17. The number of benzene rings is 2. The van der Waals surface area contributed by atoms with Crippen molar-refractivity contribution in [3.05, 3.63) is 58.7 Å². The van der Waals surface area contributed by atoms with E-state index < -0.39 is 6.10 Å². The van der Waals surface area contributed by atoms with Gasteiger partial charge in [0.05, 0.1) is 6.10 Å². The number of nitrogen functional groups attached to an aromatic ring is 1. The van der Waals surface area contributed by atoms with E-state index in [0.717, 1.165) is 11.3 Å². The first-order valence-electron chi connectivity index (χ1n) is 6.82. The molecule has 3 nitrogen and oxygen atoms in total. The van der Waals surface area contributed by atoms with Crippen LogP contribution >= 0.6 is 0 Å². The molecule has 106 valence electrons. The second-order valence-corrected chi connectivity index (χ2v) is 5.34. The molecular weight excluding hydrogens is 248 g/mol. The second-order valence-electron chi connectivity index (χ2n) is 5.34. The molecule has 0 aromatic heterocycles. The van der Waals surface area contributed by atoms with Crippen LogP contribution in [0.25, 0.3) is 0 Å². The first-order valence-corrected chi connectivity index (χ1v) is 6.82. The Balaban J connectivity index is 2.09. The van der Waals surface area contributed by atoms with Gasteiger partial charge in [0.25, 0.3) is 0 Å². The van der Waals surface area contributed by atoms with Crippen LogP contribution in [0.15, 0.2) is 36.4 Å². The minimum atomic E-state index is -0.571.